The van der Waals surface area contributed by atoms with Gasteiger partial charge < -0.3 is 23.7 Å². The van der Waals surface area contributed by atoms with Gasteiger partial charge >= 0.3 is 5.97 Å². The van der Waals surface area contributed by atoms with Crippen LogP contribution in [0.5, 0.6) is 11.5 Å². The molecule has 0 bridgehead atoms. The second kappa shape index (κ2) is 13.4. The molecule has 246 valence electrons. The lowest BCUT2D eigenvalue weighted by atomic mass is 9.93. The van der Waals surface area contributed by atoms with Gasteiger partial charge in [0.1, 0.15) is 0 Å². The number of hydrogen-bond acceptors (Lipinski definition) is 8. The van der Waals surface area contributed by atoms with Gasteiger partial charge in [0, 0.05) is 42.4 Å². The zero-order valence-corrected chi connectivity index (χ0v) is 28.9. The Labute approximate surface area is 283 Å². The van der Waals surface area contributed by atoms with Crippen LogP contribution >= 0.6 is 11.3 Å². The van der Waals surface area contributed by atoms with E-state index in [0.29, 0.717) is 32.1 Å². The molecule has 5 aromatic rings. The molecule has 1 aliphatic rings. The molecule has 1 aliphatic heterocycles. The van der Waals surface area contributed by atoms with Gasteiger partial charge in [-0.3, -0.25) is 9.36 Å². The normalized spacial score (nSPS) is 14.4. The lowest BCUT2D eigenvalue weighted by Crippen LogP contribution is -2.40. The Balaban J connectivity index is 1.58. The molecule has 0 aliphatic carbocycles. The van der Waals surface area contributed by atoms with E-state index in [0.717, 1.165) is 33.9 Å². The van der Waals surface area contributed by atoms with Crippen LogP contribution in [0.3, 0.4) is 0 Å². The summed E-state index contributed by atoms with van der Waals surface area (Å²) in [6.07, 6.45) is 1.92. The molecule has 1 atom stereocenters. The van der Waals surface area contributed by atoms with Gasteiger partial charge in [0.05, 0.1) is 42.7 Å². The Morgan fingerprint density at radius 2 is 1.67 bits per heavy atom. The van der Waals surface area contributed by atoms with Crippen molar-refractivity contribution in [3.8, 4) is 17.2 Å². The van der Waals surface area contributed by atoms with Crippen LogP contribution in [0, 0.1) is 13.8 Å². The number of ether oxygens (including phenoxy) is 3. The summed E-state index contributed by atoms with van der Waals surface area (Å²) in [5.41, 5.74) is 7.00. The molecule has 9 nitrogen and oxygen atoms in total. The van der Waals surface area contributed by atoms with Crippen molar-refractivity contribution in [2.75, 3.05) is 39.8 Å². The van der Waals surface area contributed by atoms with Crippen LogP contribution in [0.2, 0.25) is 0 Å². The predicted molar refractivity (Wildman–Crippen MR) is 190 cm³/mol. The van der Waals surface area contributed by atoms with Gasteiger partial charge in [0.25, 0.3) is 5.56 Å². The van der Waals surface area contributed by atoms with Crippen molar-refractivity contribution in [3.63, 3.8) is 0 Å². The van der Waals surface area contributed by atoms with E-state index in [4.69, 9.17) is 19.2 Å². The van der Waals surface area contributed by atoms with Gasteiger partial charge in [-0.25, -0.2) is 9.79 Å². The fourth-order valence-corrected chi connectivity index (χ4v) is 7.14. The molecule has 0 fully saturated rings. The van der Waals surface area contributed by atoms with E-state index < -0.39 is 12.0 Å². The molecule has 10 heteroatoms. The zero-order valence-electron chi connectivity index (χ0n) is 28.1. The average molecular weight is 663 g/mol. The topological polar surface area (TPSA) is 87.3 Å². The van der Waals surface area contributed by atoms with Gasteiger partial charge in [-0.2, -0.15) is 0 Å². The van der Waals surface area contributed by atoms with Crippen molar-refractivity contribution in [3.05, 3.63) is 132 Å². The molecule has 0 radical (unpaired) electrons. The van der Waals surface area contributed by atoms with E-state index in [1.54, 1.807) is 37.8 Å². The smallest absolute Gasteiger partial charge is 0.338 e. The summed E-state index contributed by atoms with van der Waals surface area (Å²) in [6.45, 7) is 6.03. The molecule has 0 N–H and O–H groups in total. The largest absolute Gasteiger partial charge is 0.493 e. The summed E-state index contributed by atoms with van der Waals surface area (Å²) in [6, 6.07) is 24.5. The van der Waals surface area contributed by atoms with E-state index in [1.807, 2.05) is 56.6 Å². The molecule has 0 amide bonds. The van der Waals surface area contributed by atoms with Crippen molar-refractivity contribution < 1.29 is 19.0 Å². The molecule has 48 heavy (non-hydrogen) atoms. The maximum atomic E-state index is 14.5. The number of esters is 1. The Hall–Kier alpha value is -5.35. The molecule has 0 spiro atoms. The van der Waals surface area contributed by atoms with E-state index in [9.17, 15) is 9.59 Å². The highest BCUT2D eigenvalue weighted by molar-refractivity contribution is 7.07. The number of carbonyl (C=O) groups excluding carboxylic acids is 1. The molecule has 3 aromatic carbocycles. The van der Waals surface area contributed by atoms with Crippen LogP contribution in [-0.2, 0) is 9.53 Å². The maximum Gasteiger partial charge on any atom is 0.338 e. The highest BCUT2D eigenvalue weighted by Crippen LogP contribution is 2.38. The summed E-state index contributed by atoms with van der Waals surface area (Å²) in [5, 5.41) is 0. The number of carbonyl (C=O) groups is 1. The average Bonchev–Trinajstić information content (AvgIpc) is 3.56. The lowest BCUT2D eigenvalue weighted by Gasteiger charge is -2.26. The van der Waals surface area contributed by atoms with E-state index >= 15 is 0 Å². The summed E-state index contributed by atoms with van der Waals surface area (Å²) >= 11 is 1.29. The molecule has 6 rings (SSSR count). The summed E-state index contributed by atoms with van der Waals surface area (Å²) in [4.78, 5) is 35.8. The van der Waals surface area contributed by atoms with Crippen LogP contribution in [0.4, 0.5) is 5.69 Å². The first kappa shape index (κ1) is 32.6. The number of fused-ring (bicyclic) bond motifs is 1. The maximum absolute atomic E-state index is 14.5. The Morgan fingerprint density at radius 3 is 2.31 bits per heavy atom. The first-order valence-corrected chi connectivity index (χ1v) is 16.5. The highest BCUT2D eigenvalue weighted by Gasteiger charge is 2.35. The quantitative estimate of drug-likeness (QED) is 0.196. The van der Waals surface area contributed by atoms with Crippen molar-refractivity contribution >= 4 is 34.8 Å². The first-order chi connectivity index (χ1) is 23.2. The van der Waals surface area contributed by atoms with Gasteiger partial charge in [-0.05, 0) is 80.4 Å². The molecule has 3 heterocycles. The molecule has 2 aromatic heterocycles. The Kier molecular flexibility index (Phi) is 9.10. The van der Waals surface area contributed by atoms with Gasteiger partial charge in [-0.1, -0.05) is 47.7 Å². The molecule has 0 saturated carbocycles. The number of aryl methyl sites for hydroxylation is 1. The van der Waals surface area contributed by atoms with Gasteiger partial charge in [-0.15, -0.1) is 0 Å². The molecular formula is C38H38N4O5S. The highest BCUT2D eigenvalue weighted by atomic mass is 32.1. The van der Waals surface area contributed by atoms with Gasteiger partial charge in [0.15, 0.2) is 16.3 Å². The number of benzene rings is 3. The number of anilines is 1. The number of thiazole rings is 1. The second-order valence-electron chi connectivity index (χ2n) is 11.6. The number of aromatic nitrogens is 2. The van der Waals surface area contributed by atoms with Crippen LogP contribution in [-0.4, -0.2) is 50.0 Å². The molecule has 0 unspecified atom stereocenters. The van der Waals surface area contributed by atoms with Crippen LogP contribution in [0.15, 0.2) is 94.2 Å². The number of rotatable bonds is 9. The van der Waals surface area contributed by atoms with Crippen molar-refractivity contribution in [2.45, 2.75) is 26.8 Å². The van der Waals surface area contributed by atoms with E-state index in [2.05, 4.69) is 53.6 Å². The molecular weight excluding hydrogens is 625 g/mol. The number of nitrogens with zero attached hydrogens (tertiary/aromatic N) is 4. The van der Waals surface area contributed by atoms with Crippen molar-refractivity contribution in [1.29, 1.82) is 0 Å². The number of hydrogen-bond donors (Lipinski definition) is 0. The summed E-state index contributed by atoms with van der Waals surface area (Å²) in [5.74, 6) is 0.466. The third-order valence-corrected chi connectivity index (χ3v) is 9.46. The minimum absolute atomic E-state index is 0.168. The van der Waals surface area contributed by atoms with Crippen LogP contribution in [0.1, 0.15) is 41.0 Å². The Bertz CT molecular complexity index is 2210. The third kappa shape index (κ3) is 5.84. The standard InChI is InChI=1S/C38H38N4O5S/c1-8-47-37(44)33-34(25-12-10-9-11-13-25)39-38-42(35(33)26-14-19-30(45-6)31(21-26)46-7)36(43)32(48-38)22-27-20-23(2)41(24(27)3)29-17-15-28(16-18-29)40(4)5/h9-22,35H,8H2,1-7H3/b32-22+/t35-/m0/s1. The summed E-state index contributed by atoms with van der Waals surface area (Å²) in [7, 11) is 7.15. The van der Waals surface area contributed by atoms with Crippen molar-refractivity contribution in [1.82, 2.24) is 9.13 Å². The summed E-state index contributed by atoms with van der Waals surface area (Å²) < 4.78 is 21.0. The third-order valence-electron chi connectivity index (χ3n) is 8.48. The lowest BCUT2D eigenvalue weighted by molar-refractivity contribution is -0.138. The van der Waals surface area contributed by atoms with Crippen LogP contribution < -0.4 is 29.3 Å². The minimum atomic E-state index is -0.833. The van der Waals surface area contributed by atoms with Crippen LogP contribution in [0.25, 0.3) is 17.5 Å². The van der Waals surface area contributed by atoms with Crippen molar-refractivity contribution in [2.24, 2.45) is 4.99 Å². The molecule has 0 saturated heterocycles. The SMILES string of the molecule is CCOC(=O)C1=C(c2ccccc2)N=c2s/c(=C/c3cc(C)n(-c4ccc(N(C)C)cc4)c3C)c(=O)n2[C@H]1c1ccc(OC)c(OC)c1. The minimum Gasteiger partial charge on any atom is -0.493 e. The van der Waals surface area contributed by atoms with E-state index in [-0.39, 0.29) is 17.7 Å². The first-order valence-electron chi connectivity index (χ1n) is 15.6. The second-order valence-corrected chi connectivity index (χ2v) is 12.6. The predicted octanol–water partition coefficient (Wildman–Crippen LogP) is 5.43. The monoisotopic (exact) mass is 662 g/mol. The number of methoxy groups -OCH3 is 2. The Morgan fingerprint density at radius 1 is 0.958 bits per heavy atom. The fraction of sp³-hybridized carbons (Fsp3) is 0.237. The van der Waals surface area contributed by atoms with Gasteiger partial charge in [0.2, 0.25) is 0 Å². The van der Waals surface area contributed by atoms with E-state index in [1.165, 1.54) is 11.3 Å². The fourth-order valence-electron chi connectivity index (χ4n) is 6.15. The zero-order chi connectivity index (χ0) is 34.1.